The Balaban J connectivity index is 0.00000380. The quantitative estimate of drug-likeness (QED) is 0.352. The van der Waals surface area contributed by atoms with Gasteiger partial charge in [0, 0.05) is 12.3 Å². The predicted octanol–water partition coefficient (Wildman–Crippen LogP) is 6.65. The fraction of sp³-hybridized carbons (Fsp3) is 0.320. The van der Waals surface area contributed by atoms with Crippen LogP contribution in [0.1, 0.15) is 48.7 Å². The zero-order chi connectivity index (χ0) is 26.0. The summed E-state index contributed by atoms with van der Waals surface area (Å²) in [5.74, 6) is -2.61. The molecule has 6 nitrogen and oxygen atoms in total. The van der Waals surface area contributed by atoms with Gasteiger partial charge in [-0.25, -0.2) is 13.8 Å². The summed E-state index contributed by atoms with van der Waals surface area (Å²) in [6, 6.07) is 4.58. The Morgan fingerprint density at radius 2 is 1.76 bits per heavy atom. The van der Waals surface area contributed by atoms with Crippen molar-refractivity contribution in [3.8, 4) is 17.0 Å². The van der Waals surface area contributed by atoms with Crippen LogP contribution in [0.5, 0.6) is 5.75 Å². The lowest BCUT2D eigenvalue weighted by atomic mass is 9.89. The molecule has 0 spiro atoms. The van der Waals surface area contributed by atoms with Gasteiger partial charge in [0.05, 0.1) is 34.8 Å². The van der Waals surface area contributed by atoms with Crippen molar-refractivity contribution in [2.24, 2.45) is 5.92 Å². The van der Waals surface area contributed by atoms with Gasteiger partial charge in [0.2, 0.25) is 0 Å². The highest BCUT2D eigenvalue weighted by atomic mass is 35.5. The van der Waals surface area contributed by atoms with Crippen molar-refractivity contribution in [2.45, 2.75) is 44.9 Å². The Morgan fingerprint density at radius 1 is 1.11 bits per heavy atom. The summed E-state index contributed by atoms with van der Waals surface area (Å²) < 4.78 is 75.9. The molecule has 1 aromatic carbocycles. The maximum atomic E-state index is 14.4. The lowest BCUT2D eigenvalue weighted by molar-refractivity contribution is -0.137. The van der Waals surface area contributed by atoms with E-state index in [9.17, 15) is 26.7 Å². The van der Waals surface area contributed by atoms with Crippen LogP contribution < -0.4 is 15.8 Å². The maximum Gasteiger partial charge on any atom is 0.418 e. The number of nitrogens with one attached hydrogen (secondary N) is 1. The van der Waals surface area contributed by atoms with E-state index in [1.807, 2.05) is 0 Å². The Kier molecular flexibility index (Phi) is 8.57. The number of nitrogen functional groups attached to an aromatic ring is 1. The topological polar surface area (TPSA) is 90.1 Å². The first-order valence-corrected chi connectivity index (χ1v) is 11.3. The summed E-state index contributed by atoms with van der Waals surface area (Å²) in [7, 11) is 0. The largest absolute Gasteiger partial charge is 0.488 e. The Morgan fingerprint density at radius 3 is 2.38 bits per heavy atom. The first-order valence-electron chi connectivity index (χ1n) is 11.3. The van der Waals surface area contributed by atoms with Crippen molar-refractivity contribution in [2.75, 3.05) is 11.1 Å². The number of hydrogen-bond acceptors (Lipinski definition) is 5. The predicted molar refractivity (Wildman–Crippen MR) is 130 cm³/mol. The van der Waals surface area contributed by atoms with Gasteiger partial charge in [0.25, 0.3) is 5.91 Å². The van der Waals surface area contributed by atoms with Crippen molar-refractivity contribution in [3.63, 3.8) is 0 Å². The van der Waals surface area contributed by atoms with E-state index < -0.39 is 51.9 Å². The molecule has 1 saturated carbocycles. The molecule has 1 amide bonds. The molecule has 0 bridgehead atoms. The third-order valence-electron chi connectivity index (χ3n) is 6.06. The van der Waals surface area contributed by atoms with Gasteiger partial charge in [0.1, 0.15) is 23.1 Å². The van der Waals surface area contributed by atoms with Crippen LogP contribution in [-0.2, 0) is 6.18 Å². The third kappa shape index (κ3) is 6.27. The molecular formula is C25H24ClF5N4O2. The van der Waals surface area contributed by atoms with E-state index >= 15 is 0 Å². The van der Waals surface area contributed by atoms with E-state index in [0.717, 1.165) is 43.9 Å². The molecule has 0 aliphatic heterocycles. The summed E-state index contributed by atoms with van der Waals surface area (Å²) in [6.45, 7) is 2.16. The highest BCUT2D eigenvalue weighted by molar-refractivity contribution is 6.07. The van der Waals surface area contributed by atoms with Gasteiger partial charge < -0.3 is 15.8 Å². The van der Waals surface area contributed by atoms with E-state index in [-0.39, 0.29) is 24.2 Å². The second kappa shape index (κ2) is 11.3. The molecule has 37 heavy (non-hydrogen) atoms. The minimum atomic E-state index is -5.04. The van der Waals surface area contributed by atoms with Crippen LogP contribution in [0, 0.1) is 17.6 Å². The van der Waals surface area contributed by atoms with E-state index in [1.54, 1.807) is 6.07 Å². The molecule has 2 aromatic heterocycles. The van der Waals surface area contributed by atoms with E-state index in [1.165, 1.54) is 12.4 Å². The van der Waals surface area contributed by atoms with Gasteiger partial charge in [-0.05, 0) is 49.8 Å². The number of alkyl halides is 3. The average Bonchev–Trinajstić information content (AvgIpc) is 2.81. The fourth-order valence-electron chi connectivity index (χ4n) is 4.13. The van der Waals surface area contributed by atoms with Crippen LogP contribution in [-0.4, -0.2) is 22.0 Å². The van der Waals surface area contributed by atoms with Crippen LogP contribution in [0.2, 0.25) is 0 Å². The lowest BCUT2D eigenvalue weighted by Gasteiger charge is -2.27. The van der Waals surface area contributed by atoms with Crippen molar-refractivity contribution in [1.82, 2.24) is 9.97 Å². The molecule has 3 aromatic rings. The van der Waals surface area contributed by atoms with Crippen LogP contribution in [0.4, 0.5) is 33.3 Å². The highest BCUT2D eigenvalue weighted by Gasteiger charge is 2.37. The first-order chi connectivity index (χ1) is 17.0. The number of halogens is 6. The second-order valence-electron chi connectivity index (χ2n) is 8.74. The number of pyridine rings is 2. The number of anilines is 2. The molecule has 0 atom stereocenters. The molecular weight excluding hydrogens is 519 g/mol. The summed E-state index contributed by atoms with van der Waals surface area (Å²) in [5, 5.41) is 2.49. The molecule has 12 heteroatoms. The molecule has 2 heterocycles. The van der Waals surface area contributed by atoms with Crippen LogP contribution in [0.25, 0.3) is 11.3 Å². The van der Waals surface area contributed by atoms with Crippen molar-refractivity contribution in [1.29, 1.82) is 0 Å². The standard InChI is InChI=1S/C25H23F5N4O2.ClH/c1-13-5-7-14(8-6-13)36-20-9-10-32-12-19(20)33-24(35)23-18(31)11-15(25(28,29)30)22(34-23)21-16(26)3-2-4-17(21)27;/h2-4,9-14H,5-8,31H2,1H3,(H,33,35);1H/t13-,14-;. The lowest BCUT2D eigenvalue weighted by Crippen LogP contribution is -2.24. The fourth-order valence-corrected chi connectivity index (χ4v) is 4.13. The van der Waals surface area contributed by atoms with E-state index in [2.05, 4.69) is 22.2 Å². The summed E-state index contributed by atoms with van der Waals surface area (Å²) >= 11 is 0. The van der Waals surface area contributed by atoms with Gasteiger partial charge in [-0.3, -0.25) is 9.78 Å². The Bertz CT molecular complexity index is 1260. The number of rotatable bonds is 5. The molecule has 0 radical (unpaired) electrons. The van der Waals surface area contributed by atoms with Crippen LogP contribution in [0.3, 0.4) is 0 Å². The van der Waals surface area contributed by atoms with Gasteiger partial charge in [-0.2, -0.15) is 13.2 Å². The first kappa shape index (κ1) is 28.1. The minimum absolute atomic E-state index is 0. The zero-order valence-corrected chi connectivity index (χ0v) is 20.4. The van der Waals surface area contributed by atoms with Crippen molar-refractivity contribution in [3.05, 3.63) is 65.6 Å². The maximum absolute atomic E-state index is 14.4. The molecule has 0 unspecified atom stereocenters. The molecule has 3 N–H and O–H groups in total. The highest BCUT2D eigenvalue weighted by Crippen LogP contribution is 2.40. The number of amides is 1. The smallest absolute Gasteiger partial charge is 0.418 e. The average molecular weight is 543 g/mol. The number of nitrogens with zero attached hydrogens (tertiary/aromatic N) is 2. The summed E-state index contributed by atoms with van der Waals surface area (Å²) in [4.78, 5) is 20.7. The minimum Gasteiger partial charge on any atom is -0.488 e. The van der Waals surface area contributed by atoms with Gasteiger partial charge in [-0.15, -0.1) is 12.4 Å². The number of carbonyl (C=O) groups is 1. The van der Waals surface area contributed by atoms with E-state index in [4.69, 9.17) is 10.5 Å². The van der Waals surface area contributed by atoms with E-state index in [0.29, 0.717) is 17.7 Å². The van der Waals surface area contributed by atoms with Crippen LogP contribution >= 0.6 is 12.4 Å². The third-order valence-corrected chi connectivity index (χ3v) is 6.06. The molecule has 1 aliphatic rings. The Labute approximate surface area is 215 Å². The monoisotopic (exact) mass is 542 g/mol. The van der Waals surface area contributed by atoms with Crippen molar-refractivity contribution >= 4 is 29.7 Å². The molecule has 4 rings (SSSR count). The molecule has 1 aliphatic carbocycles. The number of benzene rings is 1. The molecule has 198 valence electrons. The number of nitrogens with two attached hydrogens (primary N) is 1. The summed E-state index contributed by atoms with van der Waals surface area (Å²) in [5.41, 5.74) is 1.06. The number of hydrogen-bond donors (Lipinski definition) is 2. The number of carbonyl (C=O) groups excluding carboxylic acids is 1. The van der Waals surface area contributed by atoms with Crippen molar-refractivity contribution < 1.29 is 31.5 Å². The summed E-state index contributed by atoms with van der Waals surface area (Å²) in [6.07, 6.45) is 1.35. The molecule has 0 saturated heterocycles. The SMILES string of the molecule is C[C@H]1CC[C@H](Oc2ccncc2NC(=O)c2nc(-c3c(F)cccc3F)c(C(F)(F)F)cc2N)CC1.Cl. The normalized spacial score (nSPS) is 17.6. The molecule has 1 fully saturated rings. The number of ether oxygens (including phenoxy) is 1. The van der Waals surface area contributed by atoms with Gasteiger partial charge >= 0.3 is 6.18 Å². The van der Waals surface area contributed by atoms with Crippen LogP contribution in [0.15, 0.2) is 42.7 Å². The Hall–Kier alpha value is -3.47. The second-order valence-corrected chi connectivity index (χ2v) is 8.74. The van der Waals surface area contributed by atoms with Gasteiger partial charge in [0.15, 0.2) is 5.69 Å². The van der Waals surface area contributed by atoms with Gasteiger partial charge in [-0.1, -0.05) is 13.0 Å². The zero-order valence-electron chi connectivity index (χ0n) is 19.6. The number of aromatic nitrogens is 2.